The number of nitrogens with zero attached hydrogens (tertiary/aromatic N) is 2. The highest BCUT2D eigenvalue weighted by Crippen LogP contribution is 2.33. The van der Waals surface area contributed by atoms with Crippen LogP contribution in [0.25, 0.3) is 22.2 Å². The Kier molecular flexibility index (Phi) is 4.55. The summed E-state index contributed by atoms with van der Waals surface area (Å²) < 4.78 is 5.66. The predicted molar refractivity (Wildman–Crippen MR) is 102 cm³/mol. The predicted octanol–water partition coefficient (Wildman–Crippen LogP) is 2.05. The Balaban J connectivity index is 1.75. The third kappa shape index (κ3) is 3.02. The molecule has 26 heavy (non-hydrogen) atoms. The molecule has 0 saturated carbocycles. The van der Waals surface area contributed by atoms with Gasteiger partial charge in [-0.05, 0) is 61.7 Å². The molecule has 0 bridgehead atoms. The summed E-state index contributed by atoms with van der Waals surface area (Å²) in [6.07, 6.45) is 2.31. The van der Waals surface area contributed by atoms with Crippen LogP contribution >= 0.6 is 0 Å². The molecule has 1 aliphatic rings. The fourth-order valence-electron chi connectivity index (χ4n) is 3.58. The third-order valence-corrected chi connectivity index (χ3v) is 4.98. The maximum absolute atomic E-state index is 5.66. The minimum atomic E-state index is 0.405. The molecule has 0 radical (unpaired) electrons. The molecule has 0 unspecified atom stereocenters. The normalized spacial score (nSPS) is 16.1. The fourth-order valence-corrected chi connectivity index (χ4v) is 3.58. The van der Waals surface area contributed by atoms with Gasteiger partial charge in [-0.3, -0.25) is 0 Å². The highest BCUT2D eigenvalue weighted by molar-refractivity contribution is 6.03. The molecule has 0 aliphatic carbocycles. The van der Waals surface area contributed by atoms with Gasteiger partial charge in [-0.15, -0.1) is 0 Å². The van der Waals surface area contributed by atoms with Gasteiger partial charge < -0.3 is 21.1 Å². The molecule has 7 heteroatoms. The van der Waals surface area contributed by atoms with Crippen molar-refractivity contribution in [1.82, 2.24) is 15.9 Å². The van der Waals surface area contributed by atoms with Gasteiger partial charge in [-0.2, -0.15) is 5.10 Å². The van der Waals surface area contributed by atoms with Crippen LogP contribution < -0.4 is 22.4 Å². The van der Waals surface area contributed by atoms with Crippen molar-refractivity contribution in [3.8, 4) is 11.3 Å². The lowest BCUT2D eigenvalue weighted by molar-refractivity contribution is 0.440. The summed E-state index contributed by atoms with van der Waals surface area (Å²) >= 11 is 0. The molecule has 4 rings (SSSR count). The Morgan fingerprint density at radius 3 is 2.81 bits per heavy atom. The molecule has 7 nitrogen and oxygen atoms in total. The van der Waals surface area contributed by atoms with E-state index in [0.717, 1.165) is 53.7 Å². The molecule has 2 heterocycles. The number of nitrogens with two attached hydrogens (primary N) is 2. The Morgan fingerprint density at radius 1 is 1.19 bits per heavy atom. The minimum Gasteiger partial charge on any atom is -0.355 e. The lowest BCUT2D eigenvalue weighted by Gasteiger charge is -2.23. The van der Waals surface area contributed by atoms with E-state index in [1.807, 2.05) is 18.2 Å². The average Bonchev–Trinajstić information content (AvgIpc) is 3.13. The molecule has 134 valence electrons. The summed E-state index contributed by atoms with van der Waals surface area (Å²) in [7, 11) is 0. The smallest absolute Gasteiger partial charge is 0.174 e. The van der Waals surface area contributed by atoms with E-state index in [9.17, 15) is 0 Å². The number of hydrazine groups is 1. The van der Waals surface area contributed by atoms with Gasteiger partial charge >= 0.3 is 0 Å². The Hall–Kier alpha value is -2.90. The topological polar surface area (TPSA) is 114 Å². The van der Waals surface area contributed by atoms with E-state index in [4.69, 9.17) is 16.2 Å². The van der Waals surface area contributed by atoms with Gasteiger partial charge in [-0.25, -0.2) is 5.84 Å². The minimum absolute atomic E-state index is 0.405. The highest BCUT2D eigenvalue weighted by atomic mass is 16.5. The molecule has 1 aromatic heterocycles. The molecule has 0 atom stereocenters. The lowest BCUT2D eigenvalue weighted by atomic mass is 9.89. The van der Waals surface area contributed by atoms with Crippen LogP contribution in [0.3, 0.4) is 0 Å². The SMILES string of the molecule is N/N=C(\NN)c1ccc2noc(-c3cccc(C4CCNCC4)c3)c2c1. The van der Waals surface area contributed by atoms with Crippen molar-refractivity contribution in [2.75, 3.05) is 13.1 Å². The molecule has 3 aromatic rings. The molecule has 6 N–H and O–H groups in total. The Labute approximate surface area is 151 Å². The van der Waals surface area contributed by atoms with Crippen molar-refractivity contribution in [2.24, 2.45) is 16.8 Å². The third-order valence-electron chi connectivity index (χ3n) is 4.98. The second kappa shape index (κ2) is 7.15. The van der Waals surface area contributed by atoms with Crippen LogP contribution in [0.4, 0.5) is 0 Å². The molecule has 0 spiro atoms. The van der Waals surface area contributed by atoms with Gasteiger partial charge in [0, 0.05) is 11.1 Å². The van der Waals surface area contributed by atoms with Crippen LogP contribution in [-0.4, -0.2) is 24.1 Å². The van der Waals surface area contributed by atoms with Crippen LogP contribution in [0.1, 0.15) is 29.9 Å². The molecule has 0 amide bonds. The fraction of sp³-hybridized carbons (Fsp3) is 0.263. The number of hydrogen-bond acceptors (Lipinski definition) is 6. The molecule has 1 fully saturated rings. The first-order valence-electron chi connectivity index (χ1n) is 8.75. The highest BCUT2D eigenvalue weighted by Gasteiger charge is 2.18. The zero-order valence-electron chi connectivity index (χ0n) is 14.4. The zero-order valence-corrected chi connectivity index (χ0v) is 14.4. The van der Waals surface area contributed by atoms with Gasteiger partial charge in [0.2, 0.25) is 0 Å². The van der Waals surface area contributed by atoms with E-state index in [1.54, 1.807) is 0 Å². The maximum Gasteiger partial charge on any atom is 0.174 e. The number of fused-ring (bicyclic) bond motifs is 1. The first-order valence-corrected chi connectivity index (χ1v) is 8.75. The van der Waals surface area contributed by atoms with Crippen molar-refractivity contribution in [3.63, 3.8) is 0 Å². The number of amidine groups is 1. The number of nitrogens with one attached hydrogen (secondary N) is 2. The quantitative estimate of drug-likeness (QED) is 0.249. The summed E-state index contributed by atoms with van der Waals surface area (Å²) in [6, 6.07) is 14.2. The largest absolute Gasteiger partial charge is 0.355 e. The zero-order chi connectivity index (χ0) is 17.9. The van der Waals surface area contributed by atoms with Gasteiger partial charge in [-0.1, -0.05) is 23.4 Å². The van der Waals surface area contributed by atoms with Crippen LogP contribution in [0, 0.1) is 0 Å². The monoisotopic (exact) mass is 350 g/mol. The van der Waals surface area contributed by atoms with Gasteiger partial charge in [0.05, 0.1) is 5.39 Å². The molecular weight excluding hydrogens is 328 g/mol. The molecule has 1 saturated heterocycles. The summed E-state index contributed by atoms with van der Waals surface area (Å²) in [6.45, 7) is 2.13. The number of aromatic nitrogens is 1. The van der Waals surface area contributed by atoms with Crippen LogP contribution in [0.2, 0.25) is 0 Å². The van der Waals surface area contributed by atoms with Crippen molar-refractivity contribution in [2.45, 2.75) is 18.8 Å². The summed E-state index contributed by atoms with van der Waals surface area (Å²) in [5.74, 6) is 12.6. The first-order chi connectivity index (χ1) is 12.8. The summed E-state index contributed by atoms with van der Waals surface area (Å²) in [5.41, 5.74) is 6.43. The van der Waals surface area contributed by atoms with Crippen molar-refractivity contribution in [1.29, 1.82) is 0 Å². The summed E-state index contributed by atoms with van der Waals surface area (Å²) in [5, 5.41) is 12.2. The molecule has 2 aromatic carbocycles. The van der Waals surface area contributed by atoms with Gasteiger partial charge in [0.15, 0.2) is 11.6 Å². The second-order valence-corrected chi connectivity index (χ2v) is 6.52. The van der Waals surface area contributed by atoms with Gasteiger partial charge in [0.1, 0.15) is 5.52 Å². The van der Waals surface area contributed by atoms with Crippen LogP contribution in [-0.2, 0) is 0 Å². The number of hydrogen-bond donors (Lipinski definition) is 4. The second-order valence-electron chi connectivity index (χ2n) is 6.52. The summed E-state index contributed by atoms with van der Waals surface area (Å²) in [4.78, 5) is 0. The number of piperidine rings is 1. The maximum atomic E-state index is 5.66. The Bertz CT molecular complexity index is 942. The van der Waals surface area contributed by atoms with E-state index in [2.05, 4.69) is 45.3 Å². The number of rotatable bonds is 3. The Morgan fingerprint density at radius 2 is 2.04 bits per heavy atom. The average molecular weight is 350 g/mol. The van der Waals surface area contributed by atoms with E-state index in [1.165, 1.54) is 5.56 Å². The van der Waals surface area contributed by atoms with Crippen molar-refractivity contribution >= 4 is 16.7 Å². The van der Waals surface area contributed by atoms with E-state index < -0.39 is 0 Å². The van der Waals surface area contributed by atoms with E-state index >= 15 is 0 Å². The van der Waals surface area contributed by atoms with E-state index in [-0.39, 0.29) is 0 Å². The van der Waals surface area contributed by atoms with Crippen LogP contribution in [0.15, 0.2) is 52.1 Å². The standard InChI is InChI=1S/C19H22N6O/c20-23-19(24-21)15-4-5-17-16(11-15)18(26-25-17)14-3-1-2-13(10-14)12-6-8-22-9-7-12/h1-5,10-12,22H,6-9,20-21H2,(H,23,24). The van der Waals surface area contributed by atoms with Crippen LogP contribution in [0.5, 0.6) is 0 Å². The first kappa shape index (κ1) is 16.6. The molecular formula is C19H22N6O. The molecule has 1 aliphatic heterocycles. The lowest BCUT2D eigenvalue weighted by Crippen LogP contribution is -2.31. The van der Waals surface area contributed by atoms with Gasteiger partial charge in [0.25, 0.3) is 0 Å². The number of benzene rings is 2. The van der Waals surface area contributed by atoms with E-state index in [0.29, 0.717) is 11.8 Å². The number of hydrazone groups is 1. The van der Waals surface area contributed by atoms with Crippen molar-refractivity contribution in [3.05, 3.63) is 53.6 Å². The van der Waals surface area contributed by atoms with Crippen molar-refractivity contribution < 1.29 is 4.52 Å².